The third kappa shape index (κ3) is 2.22. The van der Waals surface area contributed by atoms with E-state index in [1.165, 1.54) is 49.0 Å². The van der Waals surface area contributed by atoms with Crippen LogP contribution in [0.5, 0.6) is 0 Å². The molecule has 0 bridgehead atoms. The zero-order valence-corrected chi connectivity index (χ0v) is 14.2. The van der Waals surface area contributed by atoms with Gasteiger partial charge in [-0.25, -0.2) is 0 Å². The lowest BCUT2D eigenvalue weighted by molar-refractivity contribution is 1.47. The van der Waals surface area contributed by atoms with Crippen LogP contribution in [0.25, 0.3) is 43.4 Å². The van der Waals surface area contributed by atoms with Crippen LogP contribution in [0.15, 0.2) is 91.0 Å². The van der Waals surface area contributed by atoms with Gasteiger partial charge in [0.1, 0.15) is 0 Å². The highest BCUT2D eigenvalue weighted by molar-refractivity contribution is 6.20. The van der Waals surface area contributed by atoms with Crippen LogP contribution < -0.4 is 0 Å². The van der Waals surface area contributed by atoms with Crippen molar-refractivity contribution in [1.29, 1.82) is 0 Å². The second-order valence-corrected chi connectivity index (χ2v) is 6.72. The first-order chi connectivity index (χ1) is 12.3. The molecular weight excluding hydrogens is 300 g/mol. The standard InChI is InChI=1S/C25H18/c1-17-7-6-9-19(15-17)24-16-25-20-10-3-2-8-18(20)13-14-23(25)21-11-4-5-12-22(21)24/h2-16H,1H3. The van der Waals surface area contributed by atoms with Gasteiger partial charge in [0.25, 0.3) is 0 Å². The van der Waals surface area contributed by atoms with E-state index in [1.54, 1.807) is 0 Å². The van der Waals surface area contributed by atoms with E-state index in [2.05, 4.69) is 97.9 Å². The number of rotatable bonds is 1. The van der Waals surface area contributed by atoms with Crippen molar-refractivity contribution in [2.24, 2.45) is 0 Å². The summed E-state index contributed by atoms with van der Waals surface area (Å²) < 4.78 is 0. The van der Waals surface area contributed by atoms with Crippen LogP contribution in [0.1, 0.15) is 5.56 Å². The summed E-state index contributed by atoms with van der Waals surface area (Å²) in [6.45, 7) is 2.15. The number of hydrogen-bond acceptors (Lipinski definition) is 0. The molecule has 0 saturated heterocycles. The average Bonchev–Trinajstić information content (AvgIpc) is 2.67. The number of fused-ring (bicyclic) bond motifs is 5. The molecule has 0 heteroatoms. The highest BCUT2D eigenvalue weighted by Crippen LogP contribution is 2.37. The van der Waals surface area contributed by atoms with Crippen molar-refractivity contribution >= 4 is 32.3 Å². The lowest BCUT2D eigenvalue weighted by Gasteiger charge is -2.13. The predicted octanol–water partition coefficient (Wildman–Crippen LogP) is 7.12. The second kappa shape index (κ2) is 5.46. The maximum atomic E-state index is 2.37. The van der Waals surface area contributed by atoms with Crippen molar-refractivity contribution in [1.82, 2.24) is 0 Å². The van der Waals surface area contributed by atoms with E-state index < -0.39 is 0 Å². The summed E-state index contributed by atoms with van der Waals surface area (Å²) in [6.07, 6.45) is 0. The molecule has 0 saturated carbocycles. The Morgan fingerprint density at radius 1 is 0.480 bits per heavy atom. The monoisotopic (exact) mass is 318 g/mol. The molecule has 5 rings (SSSR count). The normalized spacial score (nSPS) is 11.4. The van der Waals surface area contributed by atoms with Crippen LogP contribution in [0.4, 0.5) is 0 Å². The maximum Gasteiger partial charge on any atom is -0.00928 e. The summed E-state index contributed by atoms with van der Waals surface area (Å²) in [5, 5.41) is 7.90. The van der Waals surface area contributed by atoms with E-state index >= 15 is 0 Å². The Morgan fingerprint density at radius 3 is 2.04 bits per heavy atom. The van der Waals surface area contributed by atoms with Crippen LogP contribution in [0.2, 0.25) is 0 Å². The highest BCUT2D eigenvalue weighted by Gasteiger charge is 2.10. The Labute approximate surface area is 147 Å². The average molecular weight is 318 g/mol. The zero-order valence-electron chi connectivity index (χ0n) is 14.2. The molecule has 5 aromatic rings. The molecule has 118 valence electrons. The second-order valence-electron chi connectivity index (χ2n) is 6.72. The summed E-state index contributed by atoms with van der Waals surface area (Å²) in [4.78, 5) is 0. The molecule has 25 heavy (non-hydrogen) atoms. The molecule has 0 aliphatic heterocycles. The Morgan fingerprint density at radius 2 is 1.20 bits per heavy atom. The fraction of sp³-hybridized carbons (Fsp3) is 0.0400. The SMILES string of the molecule is Cc1cccc(-c2cc3c4ccccc4ccc3c3ccccc23)c1. The smallest absolute Gasteiger partial charge is 0.00928 e. The number of benzene rings is 5. The molecule has 0 heterocycles. The van der Waals surface area contributed by atoms with Crippen LogP contribution in [-0.4, -0.2) is 0 Å². The van der Waals surface area contributed by atoms with Crippen molar-refractivity contribution < 1.29 is 0 Å². The molecule has 0 unspecified atom stereocenters. The molecule has 0 radical (unpaired) electrons. The first-order valence-electron chi connectivity index (χ1n) is 8.71. The van der Waals surface area contributed by atoms with Crippen molar-refractivity contribution in [3.8, 4) is 11.1 Å². The molecule has 0 aliphatic rings. The Bertz CT molecular complexity index is 1250. The van der Waals surface area contributed by atoms with Gasteiger partial charge in [0, 0.05) is 0 Å². The minimum atomic E-state index is 1.28. The first-order valence-corrected chi connectivity index (χ1v) is 8.71. The van der Waals surface area contributed by atoms with E-state index in [1.807, 2.05) is 0 Å². The lowest BCUT2D eigenvalue weighted by Crippen LogP contribution is -1.86. The largest absolute Gasteiger partial charge is 0.0616 e. The van der Waals surface area contributed by atoms with E-state index in [4.69, 9.17) is 0 Å². The van der Waals surface area contributed by atoms with Crippen molar-refractivity contribution in [2.75, 3.05) is 0 Å². The van der Waals surface area contributed by atoms with E-state index in [-0.39, 0.29) is 0 Å². The molecule has 0 amide bonds. The van der Waals surface area contributed by atoms with Crippen molar-refractivity contribution in [3.63, 3.8) is 0 Å². The maximum absolute atomic E-state index is 2.37. The van der Waals surface area contributed by atoms with Crippen molar-refractivity contribution in [3.05, 3.63) is 96.6 Å². The summed E-state index contributed by atoms with van der Waals surface area (Å²) in [6, 6.07) is 33.1. The molecule has 0 fully saturated rings. The fourth-order valence-corrected chi connectivity index (χ4v) is 3.91. The van der Waals surface area contributed by atoms with Gasteiger partial charge in [0.05, 0.1) is 0 Å². The van der Waals surface area contributed by atoms with Crippen LogP contribution in [0, 0.1) is 6.92 Å². The van der Waals surface area contributed by atoms with Gasteiger partial charge in [0.2, 0.25) is 0 Å². The van der Waals surface area contributed by atoms with Gasteiger partial charge in [-0.05, 0) is 56.4 Å². The van der Waals surface area contributed by atoms with Crippen LogP contribution in [0.3, 0.4) is 0 Å². The van der Waals surface area contributed by atoms with Gasteiger partial charge in [0.15, 0.2) is 0 Å². The molecule has 0 atom stereocenters. The Hall–Kier alpha value is -3.12. The summed E-state index contributed by atoms with van der Waals surface area (Å²) in [5.41, 5.74) is 3.88. The van der Waals surface area contributed by atoms with Gasteiger partial charge in [-0.15, -0.1) is 0 Å². The topological polar surface area (TPSA) is 0 Å². The minimum absolute atomic E-state index is 1.28. The molecule has 0 aliphatic carbocycles. The fourth-order valence-electron chi connectivity index (χ4n) is 3.91. The molecule has 0 N–H and O–H groups in total. The molecule has 0 aromatic heterocycles. The molecule has 5 aromatic carbocycles. The van der Waals surface area contributed by atoms with Gasteiger partial charge in [-0.2, -0.15) is 0 Å². The molecule has 0 nitrogen and oxygen atoms in total. The first kappa shape index (κ1) is 14.2. The number of hydrogen-bond donors (Lipinski definition) is 0. The van der Waals surface area contributed by atoms with Crippen LogP contribution >= 0.6 is 0 Å². The van der Waals surface area contributed by atoms with E-state index in [0.717, 1.165) is 0 Å². The Balaban J connectivity index is 2.00. The number of aryl methyl sites for hydroxylation is 1. The Kier molecular flexibility index (Phi) is 3.11. The summed E-state index contributed by atoms with van der Waals surface area (Å²) >= 11 is 0. The third-order valence-electron chi connectivity index (χ3n) is 5.10. The van der Waals surface area contributed by atoms with Crippen molar-refractivity contribution in [2.45, 2.75) is 6.92 Å². The predicted molar refractivity (Wildman–Crippen MR) is 109 cm³/mol. The van der Waals surface area contributed by atoms with Gasteiger partial charge < -0.3 is 0 Å². The third-order valence-corrected chi connectivity index (χ3v) is 5.10. The van der Waals surface area contributed by atoms with Gasteiger partial charge >= 0.3 is 0 Å². The van der Waals surface area contributed by atoms with Gasteiger partial charge in [-0.1, -0.05) is 90.5 Å². The van der Waals surface area contributed by atoms with Crippen LogP contribution in [-0.2, 0) is 0 Å². The quantitative estimate of drug-likeness (QED) is 0.289. The highest BCUT2D eigenvalue weighted by atomic mass is 14.1. The zero-order chi connectivity index (χ0) is 16.8. The van der Waals surface area contributed by atoms with Gasteiger partial charge in [-0.3, -0.25) is 0 Å². The molecule has 0 spiro atoms. The minimum Gasteiger partial charge on any atom is -0.0616 e. The van der Waals surface area contributed by atoms with E-state index in [9.17, 15) is 0 Å². The summed E-state index contributed by atoms with van der Waals surface area (Å²) in [7, 11) is 0. The lowest BCUT2D eigenvalue weighted by atomic mass is 9.90. The van der Waals surface area contributed by atoms with E-state index in [0.29, 0.717) is 0 Å². The summed E-state index contributed by atoms with van der Waals surface area (Å²) in [5.74, 6) is 0. The molecular formula is C25H18.